The van der Waals surface area contributed by atoms with E-state index in [9.17, 15) is 0 Å². The molecule has 106 valence electrons. The fourth-order valence-corrected chi connectivity index (χ4v) is 2.46. The highest BCUT2D eigenvalue weighted by atomic mass is 16.5. The van der Waals surface area contributed by atoms with Crippen LogP contribution in [0.15, 0.2) is 18.2 Å². The van der Waals surface area contributed by atoms with Gasteiger partial charge in [-0.2, -0.15) is 0 Å². The Morgan fingerprint density at radius 3 is 2.79 bits per heavy atom. The normalized spacial score (nSPS) is 22.5. The second kappa shape index (κ2) is 6.78. The number of hydrogen-bond donors (Lipinski definition) is 1. The van der Waals surface area contributed by atoms with Crippen molar-refractivity contribution in [2.45, 2.75) is 26.0 Å². The molecular formula is C15H23NO3. The molecule has 0 amide bonds. The Bertz CT molecular complexity index is 408. The van der Waals surface area contributed by atoms with E-state index < -0.39 is 0 Å². The molecule has 1 N–H and O–H groups in total. The summed E-state index contributed by atoms with van der Waals surface area (Å²) in [5.74, 6) is 2.36. The summed E-state index contributed by atoms with van der Waals surface area (Å²) in [5.41, 5.74) is 1.12. The molecule has 2 rings (SSSR count). The molecule has 19 heavy (non-hydrogen) atoms. The van der Waals surface area contributed by atoms with Crippen molar-refractivity contribution in [3.05, 3.63) is 23.8 Å². The fraction of sp³-hybridized carbons (Fsp3) is 0.600. The van der Waals surface area contributed by atoms with Gasteiger partial charge in [0.2, 0.25) is 0 Å². The standard InChI is InChI=1S/C15H23NO3/c1-11-12(6-7-19-11)9-16-10-13-8-14(17-2)4-5-15(13)18-3/h4-5,8,11-12,16H,6-7,9-10H2,1-3H3. The third kappa shape index (κ3) is 3.61. The molecule has 0 saturated carbocycles. The van der Waals surface area contributed by atoms with E-state index in [1.807, 2.05) is 18.2 Å². The first-order valence-corrected chi connectivity index (χ1v) is 6.77. The summed E-state index contributed by atoms with van der Waals surface area (Å²) < 4.78 is 16.2. The third-order valence-corrected chi connectivity index (χ3v) is 3.74. The minimum absolute atomic E-state index is 0.361. The lowest BCUT2D eigenvalue weighted by Gasteiger charge is -2.16. The van der Waals surface area contributed by atoms with Crippen LogP contribution in [0.1, 0.15) is 18.9 Å². The molecule has 1 aromatic carbocycles. The monoisotopic (exact) mass is 265 g/mol. The number of methoxy groups -OCH3 is 2. The molecule has 0 bridgehead atoms. The van der Waals surface area contributed by atoms with Crippen LogP contribution in [0.3, 0.4) is 0 Å². The smallest absolute Gasteiger partial charge is 0.123 e. The predicted molar refractivity (Wildman–Crippen MR) is 74.8 cm³/mol. The molecule has 1 heterocycles. The Balaban J connectivity index is 1.90. The van der Waals surface area contributed by atoms with Gasteiger partial charge in [0, 0.05) is 25.3 Å². The lowest BCUT2D eigenvalue weighted by Crippen LogP contribution is -2.26. The van der Waals surface area contributed by atoms with Gasteiger partial charge in [-0.1, -0.05) is 0 Å². The lowest BCUT2D eigenvalue weighted by atomic mass is 10.0. The van der Waals surface area contributed by atoms with Crippen molar-refractivity contribution in [1.82, 2.24) is 5.32 Å². The summed E-state index contributed by atoms with van der Waals surface area (Å²) >= 11 is 0. The highest BCUT2D eigenvalue weighted by Crippen LogP contribution is 2.24. The quantitative estimate of drug-likeness (QED) is 0.856. The number of benzene rings is 1. The van der Waals surface area contributed by atoms with Gasteiger partial charge in [-0.05, 0) is 37.5 Å². The van der Waals surface area contributed by atoms with Gasteiger partial charge in [-0.25, -0.2) is 0 Å². The molecule has 0 spiro atoms. The molecule has 1 aliphatic heterocycles. The summed E-state index contributed by atoms with van der Waals surface area (Å²) in [6.07, 6.45) is 1.50. The fourth-order valence-electron chi connectivity index (χ4n) is 2.46. The number of ether oxygens (including phenoxy) is 3. The van der Waals surface area contributed by atoms with Gasteiger partial charge in [-0.15, -0.1) is 0 Å². The van der Waals surface area contributed by atoms with E-state index in [4.69, 9.17) is 14.2 Å². The van der Waals surface area contributed by atoms with Crippen LogP contribution in [0, 0.1) is 5.92 Å². The Morgan fingerprint density at radius 2 is 2.16 bits per heavy atom. The van der Waals surface area contributed by atoms with Crippen LogP contribution >= 0.6 is 0 Å². The van der Waals surface area contributed by atoms with Gasteiger partial charge in [0.15, 0.2) is 0 Å². The Hall–Kier alpha value is -1.26. The van der Waals surface area contributed by atoms with E-state index in [1.165, 1.54) is 0 Å². The van der Waals surface area contributed by atoms with Gasteiger partial charge in [0.05, 0.1) is 20.3 Å². The maximum Gasteiger partial charge on any atom is 0.123 e. The van der Waals surface area contributed by atoms with Crippen LogP contribution in [-0.2, 0) is 11.3 Å². The SMILES string of the molecule is COc1ccc(OC)c(CNCC2CCOC2C)c1. The Kier molecular flexibility index (Phi) is 5.05. The van der Waals surface area contributed by atoms with Crippen molar-refractivity contribution in [1.29, 1.82) is 0 Å². The Labute approximate surface area is 115 Å². The maximum absolute atomic E-state index is 5.56. The van der Waals surface area contributed by atoms with Crippen molar-refractivity contribution in [3.63, 3.8) is 0 Å². The van der Waals surface area contributed by atoms with Crippen molar-refractivity contribution in [2.75, 3.05) is 27.4 Å². The summed E-state index contributed by atoms with van der Waals surface area (Å²) in [5, 5.41) is 3.48. The molecule has 4 nitrogen and oxygen atoms in total. The summed E-state index contributed by atoms with van der Waals surface area (Å²) in [6, 6.07) is 5.87. The first-order chi connectivity index (χ1) is 9.24. The minimum Gasteiger partial charge on any atom is -0.497 e. The molecule has 2 unspecified atom stereocenters. The lowest BCUT2D eigenvalue weighted by molar-refractivity contribution is 0.105. The van der Waals surface area contributed by atoms with Crippen LogP contribution in [-0.4, -0.2) is 33.5 Å². The van der Waals surface area contributed by atoms with Crippen LogP contribution in [0.4, 0.5) is 0 Å². The van der Waals surface area contributed by atoms with Crippen molar-refractivity contribution in [2.24, 2.45) is 5.92 Å². The average Bonchev–Trinajstić information content (AvgIpc) is 2.84. The summed E-state index contributed by atoms with van der Waals surface area (Å²) in [6.45, 7) is 4.78. The molecule has 1 aliphatic rings. The topological polar surface area (TPSA) is 39.7 Å². The molecule has 4 heteroatoms. The first-order valence-electron chi connectivity index (χ1n) is 6.77. The van der Waals surface area contributed by atoms with Crippen molar-refractivity contribution in [3.8, 4) is 11.5 Å². The molecule has 0 aliphatic carbocycles. The van der Waals surface area contributed by atoms with Crippen molar-refractivity contribution < 1.29 is 14.2 Å². The van der Waals surface area contributed by atoms with Gasteiger partial charge >= 0.3 is 0 Å². The van der Waals surface area contributed by atoms with Crippen molar-refractivity contribution >= 4 is 0 Å². The van der Waals surface area contributed by atoms with E-state index in [1.54, 1.807) is 14.2 Å². The highest BCUT2D eigenvalue weighted by molar-refractivity contribution is 5.40. The second-order valence-corrected chi connectivity index (χ2v) is 4.93. The van der Waals surface area contributed by atoms with Gasteiger partial charge in [0.25, 0.3) is 0 Å². The summed E-state index contributed by atoms with van der Waals surface area (Å²) in [7, 11) is 3.37. The second-order valence-electron chi connectivity index (χ2n) is 4.93. The first kappa shape index (κ1) is 14.2. The van der Waals surface area contributed by atoms with E-state index in [0.29, 0.717) is 12.0 Å². The van der Waals surface area contributed by atoms with E-state index >= 15 is 0 Å². The van der Waals surface area contributed by atoms with Crippen LogP contribution in [0.5, 0.6) is 11.5 Å². The zero-order valence-electron chi connectivity index (χ0n) is 11.9. The molecule has 1 fully saturated rings. The molecule has 1 saturated heterocycles. The largest absolute Gasteiger partial charge is 0.497 e. The van der Waals surface area contributed by atoms with Gasteiger partial charge in [-0.3, -0.25) is 0 Å². The number of nitrogens with one attached hydrogen (secondary N) is 1. The molecule has 1 aromatic rings. The van der Waals surface area contributed by atoms with Crippen LogP contribution in [0.25, 0.3) is 0 Å². The minimum atomic E-state index is 0.361. The van der Waals surface area contributed by atoms with E-state index in [2.05, 4.69) is 12.2 Å². The number of hydrogen-bond acceptors (Lipinski definition) is 4. The number of rotatable bonds is 6. The molecule has 2 atom stereocenters. The van der Waals surface area contributed by atoms with Crippen LogP contribution < -0.4 is 14.8 Å². The van der Waals surface area contributed by atoms with E-state index in [0.717, 1.165) is 43.2 Å². The zero-order valence-corrected chi connectivity index (χ0v) is 11.9. The zero-order chi connectivity index (χ0) is 13.7. The summed E-state index contributed by atoms with van der Waals surface area (Å²) in [4.78, 5) is 0. The van der Waals surface area contributed by atoms with E-state index in [-0.39, 0.29) is 0 Å². The van der Waals surface area contributed by atoms with Gasteiger partial charge < -0.3 is 19.5 Å². The predicted octanol–water partition coefficient (Wildman–Crippen LogP) is 2.22. The molecular weight excluding hydrogens is 242 g/mol. The Morgan fingerprint density at radius 1 is 1.32 bits per heavy atom. The molecule has 0 aromatic heterocycles. The average molecular weight is 265 g/mol. The molecule has 0 radical (unpaired) electrons. The maximum atomic E-state index is 5.56. The highest BCUT2D eigenvalue weighted by Gasteiger charge is 2.23. The van der Waals surface area contributed by atoms with Gasteiger partial charge in [0.1, 0.15) is 11.5 Å². The third-order valence-electron chi connectivity index (χ3n) is 3.74. The van der Waals surface area contributed by atoms with Crippen LogP contribution in [0.2, 0.25) is 0 Å².